The smallest absolute Gasteiger partial charge is 0.133 e. The van der Waals surface area contributed by atoms with Gasteiger partial charge in [-0.05, 0) is 38.0 Å². The van der Waals surface area contributed by atoms with Gasteiger partial charge < -0.3 is 0 Å². The number of hydrogen-bond acceptors (Lipinski definition) is 1. The lowest BCUT2D eigenvalue weighted by Gasteiger charge is -2.41. The van der Waals surface area contributed by atoms with E-state index in [4.69, 9.17) is 0 Å². The Bertz CT molecular complexity index is 166. The number of carbonyl (C=O) groups excluding carboxylic acids is 1. The van der Waals surface area contributed by atoms with Gasteiger partial charge in [-0.15, -0.1) is 0 Å². The fraction of sp³-hybridized carbons (Fsp3) is 0.900. The average Bonchev–Trinajstić information content (AvgIpc) is 2.06. The van der Waals surface area contributed by atoms with Gasteiger partial charge in [-0.2, -0.15) is 0 Å². The van der Waals surface area contributed by atoms with Crippen molar-refractivity contribution in [2.45, 2.75) is 39.0 Å². The molecule has 3 aliphatic carbocycles. The highest BCUT2D eigenvalue weighted by atomic mass is 16.1. The van der Waals surface area contributed by atoms with Crippen molar-refractivity contribution >= 4 is 5.78 Å². The third-order valence-corrected chi connectivity index (χ3v) is 3.57. The second kappa shape index (κ2) is 2.62. The van der Waals surface area contributed by atoms with Crippen LogP contribution in [0, 0.1) is 17.8 Å². The van der Waals surface area contributed by atoms with E-state index in [0.29, 0.717) is 11.7 Å². The quantitative estimate of drug-likeness (QED) is 0.564. The molecule has 1 unspecified atom stereocenters. The molecule has 0 aromatic carbocycles. The molecule has 3 rings (SSSR count). The van der Waals surface area contributed by atoms with Gasteiger partial charge >= 0.3 is 0 Å². The maximum atomic E-state index is 11.2. The molecule has 0 spiro atoms. The van der Waals surface area contributed by atoms with Crippen molar-refractivity contribution in [1.82, 2.24) is 0 Å². The molecule has 11 heavy (non-hydrogen) atoms. The van der Waals surface area contributed by atoms with Crippen molar-refractivity contribution in [3.8, 4) is 0 Å². The molecule has 3 fully saturated rings. The first-order valence-corrected chi connectivity index (χ1v) is 4.78. The zero-order valence-corrected chi connectivity index (χ0v) is 7.18. The van der Waals surface area contributed by atoms with E-state index in [9.17, 15) is 4.79 Å². The van der Waals surface area contributed by atoms with Crippen molar-refractivity contribution in [3.63, 3.8) is 0 Å². The summed E-state index contributed by atoms with van der Waals surface area (Å²) in [7, 11) is 0. The van der Waals surface area contributed by atoms with Crippen LogP contribution in [0.4, 0.5) is 0 Å². The zero-order chi connectivity index (χ0) is 7.84. The first-order chi connectivity index (χ1) is 5.27. The van der Waals surface area contributed by atoms with Crippen LogP contribution in [0.5, 0.6) is 0 Å². The minimum atomic E-state index is 0.444. The third-order valence-electron chi connectivity index (χ3n) is 3.57. The van der Waals surface area contributed by atoms with Gasteiger partial charge in [0.25, 0.3) is 0 Å². The van der Waals surface area contributed by atoms with E-state index in [1.54, 1.807) is 6.92 Å². The summed E-state index contributed by atoms with van der Waals surface area (Å²) in [6.07, 6.45) is 6.66. The lowest BCUT2D eigenvalue weighted by molar-refractivity contribution is -0.125. The average molecular weight is 152 g/mol. The Kier molecular flexibility index (Phi) is 1.74. The molecule has 0 aliphatic heterocycles. The molecule has 1 nitrogen and oxygen atoms in total. The van der Waals surface area contributed by atoms with Crippen molar-refractivity contribution in [2.75, 3.05) is 0 Å². The van der Waals surface area contributed by atoms with E-state index in [2.05, 4.69) is 0 Å². The summed E-state index contributed by atoms with van der Waals surface area (Å²) < 4.78 is 0. The molecule has 62 valence electrons. The van der Waals surface area contributed by atoms with Gasteiger partial charge in [0.15, 0.2) is 0 Å². The highest BCUT2D eigenvalue weighted by molar-refractivity contribution is 5.78. The molecular formula is C10H16O. The van der Waals surface area contributed by atoms with Gasteiger partial charge in [-0.3, -0.25) is 4.79 Å². The number of ketones is 1. The van der Waals surface area contributed by atoms with Crippen LogP contribution in [0.25, 0.3) is 0 Å². The highest BCUT2D eigenvalue weighted by Gasteiger charge is 2.37. The molecule has 0 radical (unpaired) electrons. The summed E-state index contributed by atoms with van der Waals surface area (Å²) in [5.74, 6) is 2.55. The van der Waals surface area contributed by atoms with Crippen molar-refractivity contribution in [1.29, 1.82) is 0 Å². The molecule has 0 saturated heterocycles. The van der Waals surface area contributed by atoms with Crippen molar-refractivity contribution in [2.24, 2.45) is 17.8 Å². The molecule has 0 aromatic rings. The molecular weight excluding hydrogens is 136 g/mol. The predicted octanol–water partition coefficient (Wildman–Crippen LogP) is 2.40. The van der Waals surface area contributed by atoms with Crippen molar-refractivity contribution < 1.29 is 4.79 Å². The Labute approximate surface area is 68.2 Å². The molecule has 3 saturated carbocycles. The van der Waals surface area contributed by atoms with E-state index in [1.165, 1.54) is 32.1 Å². The molecule has 0 aromatic heterocycles. The van der Waals surface area contributed by atoms with Crippen molar-refractivity contribution in [3.05, 3.63) is 0 Å². The Balaban J connectivity index is 2.08. The van der Waals surface area contributed by atoms with Gasteiger partial charge in [-0.1, -0.05) is 12.8 Å². The van der Waals surface area contributed by atoms with E-state index in [1.807, 2.05) is 0 Å². The molecule has 1 atom stereocenters. The molecule has 0 N–H and O–H groups in total. The molecule has 0 amide bonds. The number of fused-ring (bicyclic) bond motifs is 3. The number of Topliss-reactive ketones (excluding diaryl/α,β-unsaturated/α-hetero) is 1. The second-order valence-electron chi connectivity index (χ2n) is 4.23. The molecule has 2 bridgehead atoms. The number of carbonyl (C=O) groups is 1. The standard InChI is InChI=1S/C10H16O/c1-7(11)10-6-8-2-4-9(10)5-3-8/h8-10H,2-6H2,1H3. The summed E-state index contributed by atoms with van der Waals surface area (Å²) in [6.45, 7) is 1.77. The Morgan fingerprint density at radius 2 is 1.82 bits per heavy atom. The highest BCUT2D eigenvalue weighted by Crippen LogP contribution is 2.45. The van der Waals surface area contributed by atoms with Crippen LogP contribution in [-0.2, 0) is 4.79 Å². The molecule has 1 heteroatoms. The van der Waals surface area contributed by atoms with Crippen LogP contribution in [0.1, 0.15) is 39.0 Å². The van der Waals surface area contributed by atoms with Crippen LogP contribution in [0.3, 0.4) is 0 Å². The monoisotopic (exact) mass is 152 g/mol. The summed E-state index contributed by atoms with van der Waals surface area (Å²) >= 11 is 0. The SMILES string of the molecule is CC(=O)C1CC2CCC1CC2. The maximum absolute atomic E-state index is 11.2. The summed E-state index contributed by atoms with van der Waals surface area (Å²) in [4.78, 5) is 11.2. The van der Waals surface area contributed by atoms with Crippen LogP contribution < -0.4 is 0 Å². The number of rotatable bonds is 1. The number of hydrogen-bond donors (Lipinski definition) is 0. The topological polar surface area (TPSA) is 17.1 Å². The first kappa shape index (κ1) is 7.33. The van der Waals surface area contributed by atoms with Crippen LogP contribution in [0.2, 0.25) is 0 Å². The Hall–Kier alpha value is -0.330. The van der Waals surface area contributed by atoms with E-state index < -0.39 is 0 Å². The minimum absolute atomic E-state index is 0.444. The zero-order valence-electron chi connectivity index (χ0n) is 7.18. The lowest BCUT2D eigenvalue weighted by Crippen LogP contribution is -2.34. The second-order valence-corrected chi connectivity index (χ2v) is 4.23. The molecule has 0 heterocycles. The third kappa shape index (κ3) is 1.21. The molecule has 3 aliphatic rings. The predicted molar refractivity (Wildman–Crippen MR) is 44.2 cm³/mol. The van der Waals surface area contributed by atoms with Gasteiger partial charge in [-0.25, -0.2) is 0 Å². The first-order valence-electron chi connectivity index (χ1n) is 4.78. The fourth-order valence-electron chi connectivity index (χ4n) is 2.88. The van der Waals surface area contributed by atoms with E-state index in [-0.39, 0.29) is 0 Å². The van der Waals surface area contributed by atoms with Gasteiger partial charge in [0.2, 0.25) is 0 Å². The van der Waals surface area contributed by atoms with Crippen LogP contribution in [-0.4, -0.2) is 5.78 Å². The summed E-state index contributed by atoms with van der Waals surface area (Å²) in [5.41, 5.74) is 0. The van der Waals surface area contributed by atoms with Crippen LogP contribution in [0.15, 0.2) is 0 Å². The van der Waals surface area contributed by atoms with E-state index in [0.717, 1.165) is 11.8 Å². The Morgan fingerprint density at radius 3 is 2.09 bits per heavy atom. The normalized spacial score (nSPS) is 42.5. The largest absolute Gasteiger partial charge is 0.300 e. The van der Waals surface area contributed by atoms with Gasteiger partial charge in [0.1, 0.15) is 5.78 Å². The minimum Gasteiger partial charge on any atom is -0.300 e. The van der Waals surface area contributed by atoms with Crippen LogP contribution >= 0.6 is 0 Å². The fourth-order valence-corrected chi connectivity index (χ4v) is 2.88. The summed E-state index contributed by atoms with van der Waals surface area (Å²) in [5, 5.41) is 0. The van der Waals surface area contributed by atoms with Gasteiger partial charge in [0, 0.05) is 5.92 Å². The Morgan fingerprint density at radius 1 is 1.18 bits per heavy atom. The van der Waals surface area contributed by atoms with E-state index >= 15 is 0 Å². The maximum Gasteiger partial charge on any atom is 0.133 e. The summed E-state index contributed by atoms with van der Waals surface area (Å²) in [6, 6.07) is 0. The lowest BCUT2D eigenvalue weighted by atomic mass is 9.64. The van der Waals surface area contributed by atoms with Gasteiger partial charge in [0.05, 0.1) is 0 Å².